The maximum absolute atomic E-state index is 14.8. The maximum Gasteiger partial charge on any atom is 0.347 e. The molecule has 0 amide bonds. The number of carbonyl (C=O) groups excluding carboxylic acids is 6. The van der Waals surface area contributed by atoms with Crippen LogP contribution in [0, 0.1) is 0 Å². The van der Waals surface area contributed by atoms with Crippen LogP contribution in [0.3, 0.4) is 0 Å². The lowest BCUT2D eigenvalue weighted by Gasteiger charge is -2.44. The molecule has 0 aliphatic carbocycles. The topological polar surface area (TPSA) is 500 Å². The van der Waals surface area contributed by atoms with Crippen LogP contribution in [-0.2, 0) is 28.4 Å². The standard InChI is InChI=1S/C48H30O30/c49-15-1-9(2-16(50)27(15)55)42(65)78-48-41-40(76-45(68)10-3-17(51)28(56)32(60)23(10)24-11(46(69)77-41)4-18(52)29(57)33(24)61)39-22(73-48)8-71-43(66)13-7-21-38(74-47(70)14-6-20(54)31(59)36(64)37(14)72-21)35(63)26(13)25-12(44(67)75-39)5-19(53)30(58)34(25)62/h1-7,22,39-41,48-64H,8H2/t22-,39-,40+,41+,48+/m0/s1. The molecular formula is C48H30O30. The van der Waals surface area contributed by atoms with Crippen LogP contribution in [-0.4, -0.2) is 155 Å². The molecule has 10 rings (SSSR count). The van der Waals surface area contributed by atoms with E-state index in [4.69, 9.17) is 37.9 Å². The molecule has 0 spiro atoms. The van der Waals surface area contributed by atoms with E-state index in [9.17, 15) is 110 Å². The number of hydrogen-bond donors (Lipinski definition) is 16. The maximum atomic E-state index is 14.8. The zero-order valence-corrected chi connectivity index (χ0v) is 38.0. The molecular weight excluding hydrogens is 1060 g/mol. The summed E-state index contributed by atoms with van der Waals surface area (Å²) in [5, 5.41) is 171. The fourth-order valence-corrected chi connectivity index (χ4v) is 8.73. The third-order valence-corrected chi connectivity index (χ3v) is 12.4. The molecule has 1 saturated heterocycles. The number of esters is 6. The van der Waals surface area contributed by atoms with Gasteiger partial charge >= 0.3 is 35.8 Å². The molecule has 30 heteroatoms. The van der Waals surface area contributed by atoms with Crippen molar-refractivity contribution in [2.75, 3.05) is 6.61 Å². The first kappa shape index (κ1) is 50.2. The Labute approximate surface area is 428 Å². The summed E-state index contributed by atoms with van der Waals surface area (Å²) in [5.74, 6) is -34.5. The van der Waals surface area contributed by atoms with Crippen LogP contribution in [0.2, 0.25) is 0 Å². The van der Waals surface area contributed by atoms with E-state index < -0.39 is 238 Å². The van der Waals surface area contributed by atoms with Crippen molar-refractivity contribution >= 4 is 35.8 Å². The summed E-state index contributed by atoms with van der Waals surface area (Å²) in [7, 11) is 0. The molecule has 16 N–H and O–H groups in total. The number of ether oxygens (including phenoxy) is 8. The van der Waals surface area contributed by atoms with E-state index in [1.54, 1.807) is 0 Å². The zero-order chi connectivity index (χ0) is 56.4. The fourth-order valence-electron chi connectivity index (χ4n) is 8.73. The average molecular weight is 1090 g/mol. The van der Waals surface area contributed by atoms with Gasteiger partial charge in [-0.15, -0.1) is 0 Å². The number of rotatable bonds is 2. The second kappa shape index (κ2) is 17.7. The van der Waals surface area contributed by atoms with Gasteiger partial charge in [0.2, 0.25) is 46.9 Å². The van der Waals surface area contributed by atoms with Gasteiger partial charge in [0.15, 0.2) is 87.0 Å². The van der Waals surface area contributed by atoms with Gasteiger partial charge in [-0.25, -0.2) is 28.8 Å². The minimum absolute atomic E-state index is 0.370. The van der Waals surface area contributed by atoms with Crippen molar-refractivity contribution in [3.8, 4) is 131 Å². The lowest BCUT2D eigenvalue weighted by atomic mass is 9.91. The van der Waals surface area contributed by atoms with Crippen LogP contribution in [0.25, 0.3) is 22.3 Å². The number of aromatic hydroxyl groups is 16. The van der Waals surface area contributed by atoms with Gasteiger partial charge < -0.3 is 120 Å². The highest BCUT2D eigenvalue weighted by Crippen LogP contribution is 2.58. The Balaban J connectivity index is 1.18. The van der Waals surface area contributed by atoms with E-state index >= 15 is 0 Å². The van der Waals surface area contributed by atoms with E-state index in [1.165, 1.54) is 0 Å². The molecule has 0 radical (unpaired) electrons. The van der Waals surface area contributed by atoms with Crippen LogP contribution < -0.4 is 9.47 Å². The lowest BCUT2D eigenvalue weighted by Crippen LogP contribution is -2.63. The summed E-state index contributed by atoms with van der Waals surface area (Å²) >= 11 is 0. The van der Waals surface area contributed by atoms with E-state index in [-0.39, 0.29) is 0 Å². The second-order valence-corrected chi connectivity index (χ2v) is 17.0. The molecule has 0 saturated carbocycles. The molecule has 6 aromatic rings. The van der Waals surface area contributed by atoms with Gasteiger partial charge in [0.05, 0.1) is 27.8 Å². The summed E-state index contributed by atoms with van der Waals surface area (Å²) < 4.78 is 45.0. The number of carbonyl (C=O) groups is 6. The Morgan fingerprint density at radius 1 is 0.397 bits per heavy atom. The van der Waals surface area contributed by atoms with Crippen molar-refractivity contribution in [2.24, 2.45) is 0 Å². The van der Waals surface area contributed by atoms with Gasteiger partial charge in [0.25, 0.3) is 0 Å². The van der Waals surface area contributed by atoms with Crippen LogP contribution in [0.5, 0.6) is 109 Å². The van der Waals surface area contributed by atoms with Crippen molar-refractivity contribution in [1.82, 2.24) is 0 Å². The molecule has 30 nitrogen and oxygen atoms in total. The molecule has 4 heterocycles. The van der Waals surface area contributed by atoms with Crippen LogP contribution in [0.15, 0.2) is 42.5 Å². The van der Waals surface area contributed by atoms with Crippen molar-refractivity contribution in [3.63, 3.8) is 0 Å². The van der Waals surface area contributed by atoms with Gasteiger partial charge in [-0.05, 0) is 30.3 Å². The molecule has 0 unspecified atom stereocenters. The predicted molar refractivity (Wildman–Crippen MR) is 240 cm³/mol. The Hall–Kier alpha value is -11.3. The van der Waals surface area contributed by atoms with E-state index in [1.807, 2.05) is 0 Å². The van der Waals surface area contributed by atoms with Gasteiger partial charge in [-0.1, -0.05) is 0 Å². The van der Waals surface area contributed by atoms with Gasteiger partial charge in [0, 0.05) is 34.4 Å². The van der Waals surface area contributed by atoms with Gasteiger partial charge in [0.1, 0.15) is 18.3 Å². The first-order valence-corrected chi connectivity index (χ1v) is 21.6. The molecule has 0 bridgehead atoms. The number of phenolic OH excluding ortho intramolecular Hbond substituents is 16. The fraction of sp³-hybridized carbons (Fsp3) is 0.125. The molecule has 6 aromatic carbocycles. The molecule has 5 atom stereocenters. The van der Waals surface area contributed by atoms with Crippen LogP contribution in [0.1, 0.15) is 62.1 Å². The van der Waals surface area contributed by atoms with E-state index in [0.29, 0.717) is 42.5 Å². The third kappa shape index (κ3) is 7.61. The SMILES string of the molecule is O=C(O[C@H]1O[C@H]2COC(=O)c3cc4c(c(O)c3-c3c(cc(O)c(O)c3O)C(=O)O[C@@H]2[C@H]2OC(=O)c3cc(O)c(O)c(O)c3-c3c(cc(O)c(O)c3O)C(=O)O[C@@H]12)OC(=O)c1cc(O)c(O)c(O)c1O4)c1cc(O)c(O)c(O)c1. The molecule has 4 aliphatic heterocycles. The molecule has 1 fully saturated rings. The molecule has 0 aromatic heterocycles. The summed E-state index contributed by atoms with van der Waals surface area (Å²) in [6.07, 6.45) is -12.6. The Morgan fingerprint density at radius 3 is 1.31 bits per heavy atom. The van der Waals surface area contributed by atoms with Crippen molar-refractivity contribution in [2.45, 2.75) is 30.7 Å². The minimum Gasteiger partial charge on any atom is -0.504 e. The number of phenols is 16. The quantitative estimate of drug-likeness (QED) is 0.0513. The zero-order valence-electron chi connectivity index (χ0n) is 38.0. The largest absolute Gasteiger partial charge is 0.504 e. The number of fused-ring (bicyclic) bond motifs is 11. The first-order chi connectivity index (χ1) is 36.8. The van der Waals surface area contributed by atoms with Crippen LogP contribution >= 0.6 is 0 Å². The first-order valence-electron chi connectivity index (χ1n) is 21.6. The Morgan fingerprint density at radius 2 is 0.808 bits per heavy atom. The smallest absolute Gasteiger partial charge is 0.347 e. The monoisotopic (exact) mass is 1090 g/mol. The summed E-state index contributed by atoms with van der Waals surface area (Å²) in [6, 6.07) is 3.39. The second-order valence-electron chi connectivity index (χ2n) is 17.0. The lowest BCUT2D eigenvalue weighted by molar-refractivity contribution is -0.282. The van der Waals surface area contributed by atoms with E-state index in [2.05, 4.69) is 0 Å². The normalized spacial score (nSPS) is 19.4. The Kier molecular flexibility index (Phi) is 11.4. The Bertz CT molecular complexity index is 3720. The summed E-state index contributed by atoms with van der Waals surface area (Å²) in [5.41, 5.74) is -10.6. The minimum atomic E-state index is -2.61. The highest BCUT2D eigenvalue weighted by Gasteiger charge is 2.56. The highest BCUT2D eigenvalue weighted by atomic mass is 16.7. The van der Waals surface area contributed by atoms with Gasteiger partial charge in [-0.3, -0.25) is 0 Å². The third-order valence-electron chi connectivity index (χ3n) is 12.4. The molecule has 4 aliphatic rings. The number of benzene rings is 6. The van der Waals surface area contributed by atoms with Gasteiger partial charge in [-0.2, -0.15) is 0 Å². The molecule has 402 valence electrons. The number of hydrogen-bond acceptors (Lipinski definition) is 30. The van der Waals surface area contributed by atoms with Crippen molar-refractivity contribution in [3.05, 3.63) is 75.8 Å². The predicted octanol–water partition coefficient (Wildman–Crippen LogP) is 2.68. The number of cyclic esters (lactones) is 1. The van der Waals surface area contributed by atoms with Crippen molar-refractivity contribution < 1.29 is 148 Å². The van der Waals surface area contributed by atoms with Crippen molar-refractivity contribution in [1.29, 1.82) is 0 Å². The van der Waals surface area contributed by atoms with E-state index in [0.717, 1.165) is 0 Å². The van der Waals surface area contributed by atoms with Crippen LogP contribution in [0.4, 0.5) is 0 Å². The summed E-state index contributed by atoms with van der Waals surface area (Å²) in [6.45, 7) is -1.35. The molecule has 78 heavy (non-hydrogen) atoms. The average Bonchev–Trinajstić information content (AvgIpc) is 3.58. The highest BCUT2D eigenvalue weighted by molar-refractivity contribution is 6.11. The summed E-state index contributed by atoms with van der Waals surface area (Å²) in [4.78, 5) is 85.8.